The van der Waals surface area contributed by atoms with E-state index in [1.165, 1.54) is 6.07 Å². The van der Waals surface area contributed by atoms with Crippen LogP contribution in [0, 0.1) is 5.82 Å². The molecule has 1 nitrogen and oxygen atoms in total. The molecule has 1 rings (SSSR count). The summed E-state index contributed by atoms with van der Waals surface area (Å²) in [5.41, 5.74) is 0.454. The third-order valence-electron chi connectivity index (χ3n) is 1.60. The summed E-state index contributed by atoms with van der Waals surface area (Å²) in [7, 11) is -1.69. The van der Waals surface area contributed by atoms with E-state index in [0.717, 1.165) is 0 Å². The van der Waals surface area contributed by atoms with Crippen LogP contribution in [-0.2, 0) is 4.43 Å². The lowest BCUT2D eigenvalue weighted by molar-refractivity contribution is 0.507. The Morgan fingerprint density at radius 3 is 2.36 bits per heavy atom. The summed E-state index contributed by atoms with van der Waals surface area (Å²) in [6.07, 6.45) is 0. The van der Waals surface area contributed by atoms with E-state index >= 15 is 0 Å². The van der Waals surface area contributed by atoms with Crippen molar-refractivity contribution in [2.75, 3.05) is 0 Å². The first-order chi connectivity index (χ1) is 6.40. The summed E-state index contributed by atoms with van der Waals surface area (Å²) in [6.45, 7) is 9.87. The van der Waals surface area contributed by atoms with Crippen molar-refractivity contribution in [2.24, 2.45) is 0 Å². The molecular weight excluding hydrogens is 195 g/mol. The van der Waals surface area contributed by atoms with Crippen molar-refractivity contribution in [3.05, 3.63) is 42.2 Å². The van der Waals surface area contributed by atoms with Crippen molar-refractivity contribution >= 4 is 14.1 Å². The first kappa shape index (κ1) is 11.0. The molecule has 76 valence electrons. The molecule has 1 aromatic rings. The maximum absolute atomic E-state index is 13.3. The second-order valence-corrected chi connectivity index (χ2v) is 8.55. The number of hydrogen-bond acceptors (Lipinski definition) is 1. The molecule has 0 radical (unpaired) electrons. The van der Waals surface area contributed by atoms with Gasteiger partial charge in [0.1, 0.15) is 11.6 Å². The van der Waals surface area contributed by atoms with Crippen LogP contribution < -0.4 is 0 Å². The van der Waals surface area contributed by atoms with E-state index in [4.69, 9.17) is 4.43 Å². The molecule has 1 aromatic carbocycles. The summed E-state index contributed by atoms with van der Waals surface area (Å²) in [4.78, 5) is 0. The molecule has 0 unspecified atom stereocenters. The highest BCUT2D eigenvalue weighted by Crippen LogP contribution is 2.21. The average Bonchev–Trinajstić information content (AvgIpc) is 2.01. The number of benzene rings is 1. The Kier molecular flexibility index (Phi) is 3.11. The Labute approximate surface area is 85.3 Å². The van der Waals surface area contributed by atoms with Gasteiger partial charge in [-0.2, -0.15) is 0 Å². The zero-order valence-electron chi connectivity index (χ0n) is 8.80. The van der Waals surface area contributed by atoms with Gasteiger partial charge in [-0.05, 0) is 31.8 Å². The lowest BCUT2D eigenvalue weighted by Gasteiger charge is -2.21. The minimum Gasteiger partial charge on any atom is -0.544 e. The summed E-state index contributed by atoms with van der Waals surface area (Å²) in [6, 6.07) is 6.52. The monoisotopic (exact) mass is 210 g/mol. The quantitative estimate of drug-likeness (QED) is 0.546. The molecule has 0 aliphatic rings. The molecule has 0 atom stereocenters. The maximum atomic E-state index is 13.3. The van der Waals surface area contributed by atoms with Crippen molar-refractivity contribution in [1.82, 2.24) is 0 Å². The molecule has 14 heavy (non-hydrogen) atoms. The molecule has 0 bridgehead atoms. The van der Waals surface area contributed by atoms with Gasteiger partial charge >= 0.3 is 0 Å². The van der Waals surface area contributed by atoms with Crippen LogP contribution in [-0.4, -0.2) is 8.32 Å². The average molecular weight is 210 g/mol. The predicted octanol–water partition coefficient (Wildman–Crippen LogP) is 3.65. The smallest absolute Gasteiger partial charge is 0.242 e. The Bertz CT molecular complexity index is 341. The summed E-state index contributed by atoms with van der Waals surface area (Å²) in [5, 5.41) is 0. The van der Waals surface area contributed by atoms with Crippen LogP contribution in [0.1, 0.15) is 5.56 Å². The highest BCUT2D eigenvalue weighted by atomic mass is 28.4. The molecular formula is C11H15FOSi. The van der Waals surface area contributed by atoms with E-state index in [9.17, 15) is 4.39 Å². The molecule has 0 N–H and O–H groups in total. The SMILES string of the molecule is C=C(O[Si](C)(C)C)c1ccccc1F. The van der Waals surface area contributed by atoms with Crippen LogP contribution >= 0.6 is 0 Å². The molecule has 0 heterocycles. The first-order valence-corrected chi connectivity index (χ1v) is 7.94. The predicted molar refractivity (Wildman–Crippen MR) is 59.9 cm³/mol. The van der Waals surface area contributed by atoms with Crippen molar-refractivity contribution in [3.8, 4) is 0 Å². The van der Waals surface area contributed by atoms with Crippen LogP contribution in [0.2, 0.25) is 19.6 Å². The minimum absolute atomic E-state index is 0.282. The van der Waals surface area contributed by atoms with E-state index in [1.54, 1.807) is 18.2 Å². The molecule has 3 heteroatoms. The Hall–Kier alpha value is -1.09. The second-order valence-electron chi connectivity index (χ2n) is 4.12. The van der Waals surface area contributed by atoms with Gasteiger partial charge in [-0.15, -0.1) is 0 Å². The molecule has 0 saturated carbocycles. The van der Waals surface area contributed by atoms with E-state index in [-0.39, 0.29) is 5.82 Å². The number of halogens is 1. The zero-order valence-corrected chi connectivity index (χ0v) is 9.80. The van der Waals surface area contributed by atoms with Gasteiger partial charge in [-0.1, -0.05) is 18.7 Å². The lowest BCUT2D eigenvalue weighted by Crippen LogP contribution is -2.24. The standard InChI is InChI=1S/C11H15FOSi/c1-9(13-14(2,3)4)10-7-5-6-8-11(10)12/h5-8H,1H2,2-4H3. The van der Waals surface area contributed by atoms with E-state index < -0.39 is 8.32 Å². The van der Waals surface area contributed by atoms with Gasteiger partial charge in [-0.3, -0.25) is 0 Å². The largest absolute Gasteiger partial charge is 0.544 e. The van der Waals surface area contributed by atoms with Crippen molar-refractivity contribution in [2.45, 2.75) is 19.6 Å². The van der Waals surface area contributed by atoms with Crippen LogP contribution in [0.5, 0.6) is 0 Å². The Morgan fingerprint density at radius 1 is 1.29 bits per heavy atom. The molecule has 0 saturated heterocycles. The lowest BCUT2D eigenvalue weighted by atomic mass is 10.2. The van der Waals surface area contributed by atoms with E-state index in [2.05, 4.69) is 6.58 Å². The molecule has 0 aliphatic carbocycles. The van der Waals surface area contributed by atoms with Gasteiger partial charge in [0.25, 0.3) is 0 Å². The highest BCUT2D eigenvalue weighted by Gasteiger charge is 2.18. The molecule has 0 aromatic heterocycles. The van der Waals surface area contributed by atoms with Crippen LogP contribution in [0.15, 0.2) is 30.8 Å². The molecule has 0 amide bonds. The van der Waals surface area contributed by atoms with E-state index in [1.807, 2.05) is 19.6 Å². The van der Waals surface area contributed by atoms with E-state index in [0.29, 0.717) is 11.3 Å². The summed E-state index contributed by atoms with van der Waals surface area (Å²) in [5.74, 6) is 0.151. The third kappa shape index (κ3) is 2.99. The van der Waals surface area contributed by atoms with Crippen molar-refractivity contribution in [1.29, 1.82) is 0 Å². The fraction of sp³-hybridized carbons (Fsp3) is 0.273. The van der Waals surface area contributed by atoms with Crippen LogP contribution in [0.4, 0.5) is 4.39 Å². The minimum atomic E-state index is -1.69. The maximum Gasteiger partial charge on any atom is 0.242 e. The molecule has 0 aliphatic heterocycles. The first-order valence-electron chi connectivity index (χ1n) is 4.53. The molecule has 0 fully saturated rings. The fourth-order valence-corrected chi connectivity index (χ4v) is 1.96. The number of rotatable bonds is 3. The van der Waals surface area contributed by atoms with Gasteiger partial charge in [-0.25, -0.2) is 4.39 Å². The third-order valence-corrected chi connectivity index (χ3v) is 2.46. The van der Waals surface area contributed by atoms with Crippen LogP contribution in [0.25, 0.3) is 5.76 Å². The van der Waals surface area contributed by atoms with Crippen molar-refractivity contribution < 1.29 is 8.82 Å². The second kappa shape index (κ2) is 3.96. The Morgan fingerprint density at radius 2 is 1.86 bits per heavy atom. The summed E-state index contributed by atoms with van der Waals surface area (Å²) < 4.78 is 18.9. The highest BCUT2D eigenvalue weighted by molar-refractivity contribution is 6.70. The van der Waals surface area contributed by atoms with Gasteiger partial charge in [0.15, 0.2) is 0 Å². The van der Waals surface area contributed by atoms with Crippen molar-refractivity contribution in [3.63, 3.8) is 0 Å². The fourth-order valence-electron chi connectivity index (χ4n) is 1.11. The molecule has 0 spiro atoms. The van der Waals surface area contributed by atoms with Gasteiger partial charge in [0.05, 0.1) is 5.56 Å². The number of hydrogen-bond donors (Lipinski definition) is 0. The summed E-state index contributed by atoms with van der Waals surface area (Å²) >= 11 is 0. The normalized spacial score (nSPS) is 11.1. The Balaban J connectivity index is 2.86. The van der Waals surface area contributed by atoms with Gasteiger partial charge in [0, 0.05) is 0 Å². The van der Waals surface area contributed by atoms with Gasteiger partial charge < -0.3 is 4.43 Å². The van der Waals surface area contributed by atoms with Crippen LogP contribution in [0.3, 0.4) is 0 Å². The zero-order chi connectivity index (χ0) is 10.8. The topological polar surface area (TPSA) is 9.23 Å². The van der Waals surface area contributed by atoms with Gasteiger partial charge in [0.2, 0.25) is 8.32 Å².